The van der Waals surface area contributed by atoms with E-state index in [4.69, 9.17) is 5.73 Å². The largest absolute Gasteiger partial charge is 0.326 e. The van der Waals surface area contributed by atoms with Gasteiger partial charge in [0.05, 0.1) is 0 Å². The van der Waals surface area contributed by atoms with Crippen LogP contribution in [0.15, 0.2) is 48.8 Å². The molecule has 0 spiro atoms. The van der Waals surface area contributed by atoms with Crippen LogP contribution < -0.4 is 5.73 Å². The molecular formula is C17H22N2S. The van der Waals surface area contributed by atoms with Crippen molar-refractivity contribution in [2.75, 3.05) is 0 Å². The van der Waals surface area contributed by atoms with Gasteiger partial charge in [-0.3, -0.25) is 4.98 Å². The van der Waals surface area contributed by atoms with Gasteiger partial charge in [0.2, 0.25) is 0 Å². The minimum atomic E-state index is 0.173. The predicted octanol–water partition coefficient (Wildman–Crippen LogP) is 4.10. The summed E-state index contributed by atoms with van der Waals surface area (Å²) in [5.74, 6) is 0.993. The van der Waals surface area contributed by atoms with Crippen LogP contribution in [0.1, 0.15) is 35.3 Å². The zero-order valence-corrected chi connectivity index (χ0v) is 12.9. The first-order chi connectivity index (χ1) is 9.72. The Morgan fingerprint density at radius 1 is 1.15 bits per heavy atom. The number of hydrogen-bond donors (Lipinski definition) is 1. The average molecular weight is 286 g/mol. The number of pyridine rings is 1. The van der Waals surface area contributed by atoms with Crippen LogP contribution in [0.25, 0.3) is 0 Å². The van der Waals surface area contributed by atoms with E-state index in [0.29, 0.717) is 5.25 Å². The number of rotatable bonds is 6. The first-order valence-electron chi connectivity index (χ1n) is 7.04. The summed E-state index contributed by atoms with van der Waals surface area (Å²) >= 11 is 1.92. The second kappa shape index (κ2) is 7.46. The predicted molar refractivity (Wildman–Crippen MR) is 87.7 cm³/mol. The van der Waals surface area contributed by atoms with E-state index < -0.39 is 0 Å². The van der Waals surface area contributed by atoms with E-state index in [1.54, 1.807) is 0 Å². The van der Waals surface area contributed by atoms with Crippen LogP contribution in [0.3, 0.4) is 0 Å². The molecule has 0 fully saturated rings. The Labute approximate surface area is 125 Å². The van der Waals surface area contributed by atoms with Crippen LogP contribution in [0, 0.1) is 6.92 Å². The fourth-order valence-corrected chi connectivity index (χ4v) is 3.66. The summed E-state index contributed by atoms with van der Waals surface area (Å²) in [5, 5.41) is 0.322. The van der Waals surface area contributed by atoms with Crippen molar-refractivity contribution in [3.05, 3.63) is 65.5 Å². The van der Waals surface area contributed by atoms with Gasteiger partial charge in [0.1, 0.15) is 0 Å². The molecule has 0 saturated heterocycles. The Morgan fingerprint density at radius 2 is 1.85 bits per heavy atom. The molecule has 1 aromatic heterocycles. The third kappa shape index (κ3) is 3.84. The molecule has 2 N–H and O–H groups in total. The van der Waals surface area contributed by atoms with Crippen molar-refractivity contribution in [2.45, 2.75) is 37.3 Å². The van der Waals surface area contributed by atoms with Crippen LogP contribution in [-0.4, -0.2) is 11.0 Å². The molecule has 2 unspecified atom stereocenters. The number of nitrogens with two attached hydrogens (primary N) is 1. The Bertz CT molecular complexity index is 528. The zero-order chi connectivity index (χ0) is 14.4. The second-order valence-corrected chi connectivity index (χ2v) is 6.14. The molecular weight excluding hydrogens is 264 g/mol. The SMILES string of the molecule is CCC(N)C(SCc1ccccc1C)c1ccncc1. The molecule has 0 aliphatic rings. The summed E-state index contributed by atoms with van der Waals surface area (Å²) in [6.45, 7) is 4.31. The first kappa shape index (κ1) is 15.1. The normalized spacial score (nSPS) is 13.9. The van der Waals surface area contributed by atoms with Crippen LogP contribution in [-0.2, 0) is 5.75 Å². The highest BCUT2D eigenvalue weighted by atomic mass is 32.2. The summed E-state index contributed by atoms with van der Waals surface area (Å²) in [5.41, 5.74) is 10.3. The number of thioether (sulfide) groups is 1. The van der Waals surface area contributed by atoms with Gasteiger partial charge in [0.15, 0.2) is 0 Å². The van der Waals surface area contributed by atoms with E-state index in [9.17, 15) is 0 Å². The third-order valence-electron chi connectivity index (χ3n) is 3.57. The van der Waals surface area contributed by atoms with E-state index in [2.05, 4.69) is 55.2 Å². The van der Waals surface area contributed by atoms with Gasteiger partial charge >= 0.3 is 0 Å². The van der Waals surface area contributed by atoms with E-state index in [1.807, 2.05) is 24.2 Å². The molecule has 2 aromatic rings. The van der Waals surface area contributed by atoms with Gasteiger partial charge in [-0.15, -0.1) is 11.8 Å². The lowest BCUT2D eigenvalue weighted by Crippen LogP contribution is -2.25. The molecule has 2 nitrogen and oxygen atoms in total. The Morgan fingerprint density at radius 3 is 2.50 bits per heavy atom. The van der Waals surface area contributed by atoms with Gasteiger partial charge in [-0.1, -0.05) is 31.2 Å². The van der Waals surface area contributed by atoms with Gasteiger partial charge < -0.3 is 5.73 Å². The topological polar surface area (TPSA) is 38.9 Å². The molecule has 1 heterocycles. The van der Waals surface area contributed by atoms with Gasteiger partial charge in [-0.05, 0) is 42.2 Å². The number of aryl methyl sites for hydroxylation is 1. The van der Waals surface area contributed by atoms with Crippen molar-refractivity contribution in [3.63, 3.8) is 0 Å². The van der Waals surface area contributed by atoms with E-state index in [-0.39, 0.29) is 6.04 Å². The number of hydrogen-bond acceptors (Lipinski definition) is 3. The number of nitrogens with zero attached hydrogens (tertiary/aromatic N) is 1. The molecule has 106 valence electrons. The van der Waals surface area contributed by atoms with Crippen molar-refractivity contribution in [1.29, 1.82) is 0 Å². The van der Waals surface area contributed by atoms with Crippen molar-refractivity contribution >= 4 is 11.8 Å². The quantitative estimate of drug-likeness (QED) is 0.869. The number of benzene rings is 1. The monoisotopic (exact) mass is 286 g/mol. The molecule has 0 aliphatic carbocycles. The minimum absolute atomic E-state index is 0.173. The third-order valence-corrected chi connectivity index (χ3v) is 5.03. The van der Waals surface area contributed by atoms with Crippen molar-refractivity contribution in [2.24, 2.45) is 5.73 Å². The molecule has 3 heteroatoms. The lowest BCUT2D eigenvalue weighted by molar-refractivity contribution is 0.633. The average Bonchev–Trinajstić information content (AvgIpc) is 2.50. The summed E-state index contributed by atoms with van der Waals surface area (Å²) in [4.78, 5) is 4.10. The van der Waals surface area contributed by atoms with Gasteiger partial charge in [0, 0.05) is 29.4 Å². The molecule has 0 saturated carbocycles. The van der Waals surface area contributed by atoms with E-state index in [0.717, 1.165) is 12.2 Å². The summed E-state index contributed by atoms with van der Waals surface area (Å²) in [6, 6.07) is 12.9. The van der Waals surface area contributed by atoms with Crippen LogP contribution >= 0.6 is 11.8 Å². The molecule has 0 aliphatic heterocycles. The summed E-state index contributed by atoms with van der Waals surface area (Å²) in [7, 11) is 0. The molecule has 0 amide bonds. The molecule has 2 rings (SSSR count). The number of aromatic nitrogens is 1. The molecule has 0 radical (unpaired) electrons. The lowest BCUT2D eigenvalue weighted by atomic mass is 10.1. The van der Waals surface area contributed by atoms with Gasteiger partial charge in [-0.2, -0.15) is 0 Å². The molecule has 1 aromatic carbocycles. The maximum absolute atomic E-state index is 6.31. The fourth-order valence-electron chi connectivity index (χ4n) is 2.19. The Kier molecular flexibility index (Phi) is 5.62. The maximum atomic E-state index is 6.31. The van der Waals surface area contributed by atoms with Crippen molar-refractivity contribution in [1.82, 2.24) is 4.98 Å². The fraction of sp³-hybridized carbons (Fsp3) is 0.353. The molecule has 20 heavy (non-hydrogen) atoms. The highest BCUT2D eigenvalue weighted by Crippen LogP contribution is 2.35. The van der Waals surface area contributed by atoms with Gasteiger partial charge in [-0.25, -0.2) is 0 Å². The highest BCUT2D eigenvalue weighted by molar-refractivity contribution is 7.98. The van der Waals surface area contributed by atoms with Crippen LogP contribution in [0.5, 0.6) is 0 Å². The maximum Gasteiger partial charge on any atom is 0.0452 e. The van der Waals surface area contributed by atoms with Crippen LogP contribution in [0.2, 0.25) is 0 Å². The van der Waals surface area contributed by atoms with E-state index >= 15 is 0 Å². The Balaban J connectivity index is 2.11. The summed E-state index contributed by atoms with van der Waals surface area (Å²) < 4.78 is 0. The molecule has 2 atom stereocenters. The standard InChI is InChI=1S/C17H22N2S/c1-3-16(18)17(14-8-10-19-11-9-14)20-12-15-7-5-4-6-13(15)2/h4-11,16-17H,3,12,18H2,1-2H3. The smallest absolute Gasteiger partial charge is 0.0452 e. The van der Waals surface area contributed by atoms with Gasteiger partial charge in [0.25, 0.3) is 0 Å². The minimum Gasteiger partial charge on any atom is -0.326 e. The zero-order valence-electron chi connectivity index (χ0n) is 12.1. The lowest BCUT2D eigenvalue weighted by Gasteiger charge is -2.23. The second-order valence-electron chi connectivity index (χ2n) is 5.01. The Hall–Kier alpha value is -1.32. The highest BCUT2D eigenvalue weighted by Gasteiger charge is 2.19. The van der Waals surface area contributed by atoms with Crippen LogP contribution in [0.4, 0.5) is 0 Å². The van der Waals surface area contributed by atoms with Crippen molar-refractivity contribution < 1.29 is 0 Å². The molecule has 0 bridgehead atoms. The van der Waals surface area contributed by atoms with Crippen molar-refractivity contribution in [3.8, 4) is 0 Å². The van der Waals surface area contributed by atoms with E-state index in [1.165, 1.54) is 16.7 Å². The first-order valence-corrected chi connectivity index (χ1v) is 8.09. The summed E-state index contributed by atoms with van der Waals surface area (Å²) in [6.07, 6.45) is 4.67.